The molecule has 0 aromatic carbocycles. The fourth-order valence-corrected chi connectivity index (χ4v) is 2.60. The molecular formula is C13H20N4O. The van der Waals surface area contributed by atoms with Gasteiger partial charge in [0, 0.05) is 24.4 Å². The SMILES string of the molecule is CNC1(CC(=O)Nc2cnccn2)CCCCC1. The number of hydrogen-bond acceptors (Lipinski definition) is 4. The third-order valence-electron chi connectivity index (χ3n) is 3.67. The largest absolute Gasteiger partial charge is 0.314 e. The number of aromatic nitrogens is 2. The van der Waals surface area contributed by atoms with Crippen LogP contribution in [0.1, 0.15) is 38.5 Å². The molecule has 0 bridgehead atoms. The van der Waals surface area contributed by atoms with Crippen LogP contribution in [0.5, 0.6) is 0 Å². The van der Waals surface area contributed by atoms with Gasteiger partial charge in [0.25, 0.3) is 0 Å². The topological polar surface area (TPSA) is 66.9 Å². The molecule has 0 unspecified atom stereocenters. The number of carbonyl (C=O) groups is 1. The van der Waals surface area contributed by atoms with Crippen LogP contribution in [0.15, 0.2) is 18.6 Å². The van der Waals surface area contributed by atoms with Gasteiger partial charge in [0.05, 0.1) is 6.20 Å². The highest BCUT2D eigenvalue weighted by Crippen LogP contribution is 2.30. The molecule has 1 aromatic rings. The van der Waals surface area contributed by atoms with E-state index in [1.807, 2.05) is 7.05 Å². The summed E-state index contributed by atoms with van der Waals surface area (Å²) >= 11 is 0. The maximum atomic E-state index is 12.0. The van der Waals surface area contributed by atoms with E-state index in [1.54, 1.807) is 18.6 Å². The first-order valence-corrected chi connectivity index (χ1v) is 6.49. The number of amides is 1. The third kappa shape index (κ3) is 3.26. The van der Waals surface area contributed by atoms with Crippen LogP contribution in [-0.2, 0) is 4.79 Å². The number of hydrogen-bond donors (Lipinski definition) is 2. The van der Waals surface area contributed by atoms with Crippen molar-refractivity contribution < 1.29 is 4.79 Å². The van der Waals surface area contributed by atoms with E-state index in [1.165, 1.54) is 19.3 Å². The number of carbonyl (C=O) groups excluding carboxylic acids is 1. The molecule has 1 aromatic heterocycles. The van der Waals surface area contributed by atoms with Gasteiger partial charge in [-0.15, -0.1) is 0 Å². The standard InChI is InChI=1S/C13H20N4O/c1-14-13(5-3-2-4-6-13)9-12(18)17-11-10-15-7-8-16-11/h7-8,10,14H,2-6,9H2,1H3,(H,16,17,18). The first-order chi connectivity index (χ1) is 8.74. The monoisotopic (exact) mass is 248 g/mol. The summed E-state index contributed by atoms with van der Waals surface area (Å²) in [6.45, 7) is 0. The summed E-state index contributed by atoms with van der Waals surface area (Å²) in [5.74, 6) is 0.524. The van der Waals surface area contributed by atoms with E-state index in [4.69, 9.17) is 0 Å². The lowest BCUT2D eigenvalue weighted by Crippen LogP contribution is -2.47. The Hall–Kier alpha value is -1.49. The zero-order valence-electron chi connectivity index (χ0n) is 10.8. The summed E-state index contributed by atoms with van der Waals surface area (Å²) in [7, 11) is 1.95. The smallest absolute Gasteiger partial charge is 0.227 e. The van der Waals surface area contributed by atoms with E-state index >= 15 is 0 Å². The molecule has 2 N–H and O–H groups in total. The Morgan fingerprint density at radius 3 is 2.72 bits per heavy atom. The van der Waals surface area contributed by atoms with E-state index in [2.05, 4.69) is 20.6 Å². The second kappa shape index (κ2) is 5.91. The Morgan fingerprint density at radius 1 is 1.33 bits per heavy atom. The highest BCUT2D eigenvalue weighted by molar-refractivity contribution is 5.90. The molecule has 0 spiro atoms. The van der Waals surface area contributed by atoms with Gasteiger partial charge in [0.1, 0.15) is 0 Å². The molecule has 1 saturated carbocycles. The molecule has 0 radical (unpaired) electrons. The number of nitrogens with zero attached hydrogens (tertiary/aromatic N) is 2. The van der Waals surface area contributed by atoms with Crippen LogP contribution >= 0.6 is 0 Å². The summed E-state index contributed by atoms with van der Waals surface area (Å²) < 4.78 is 0. The van der Waals surface area contributed by atoms with Crippen molar-refractivity contribution in [2.75, 3.05) is 12.4 Å². The zero-order valence-corrected chi connectivity index (χ0v) is 10.8. The zero-order chi connectivity index (χ0) is 12.8. The normalized spacial score (nSPS) is 18.3. The van der Waals surface area contributed by atoms with Crippen LogP contribution in [0.25, 0.3) is 0 Å². The van der Waals surface area contributed by atoms with Gasteiger partial charge in [-0.05, 0) is 19.9 Å². The Labute approximate surface area is 107 Å². The highest BCUT2D eigenvalue weighted by atomic mass is 16.1. The van der Waals surface area contributed by atoms with Gasteiger partial charge in [-0.25, -0.2) is 4.98 Å². The number of anilines is 1. The predicted octanol–water partition coefficient (Wildman–Crippen LogP) is 1.73. The second-order valence-corrected chi connectivity index (χ2v) is 4.91. The van der Waals surface area contributed by atoms with Crippen LogP contribution in [0.3, 0.4) is 0 Å². The van der Waals surface area contributed by atoms with E-state index in [0.717, 1.165) is 12.8 Å². The molecule has 0 atom stereocenters. The van der Waals surface area contributed by atoms with Crippen LogP contribution in [-0.4, -0.2) is 28.5 Å². The number of rotatable bonds is 4. The average Bonchev–Trinajstić information content (AvgIpc) is 2.41. The van der Waals surface area contributed by atoms with Gasteiger partial charge in [0.15, 0.2) is 5.82 Å². The lowest BCUT2D eigenvalue weighted by molar-refractivity contribution is -0.118. The Morgan fingerprint density at radius 2 is 2.11 bits per heavy atom. The quantitative estimate of drug-likeness (QED) is 0.851. The van der Waals surface area contributed by atoms with Gasteiger partial charge in [-0.2, -0.15) is 0 Å². The molecule has 1 aliphatic carbocycles. The lowest BCUT2D eigenvalue weighted by Gasteiger charge is -2.36. The molecule has 1 amide bonds. The molecule has 5 nitrogen and oxygen atoms in total. The molecule has 18 heavy (non-hydrogen) atoms. The van der Waals surface area contributed by atoms with Crippen LogP contribution < -0.4 is 10.6 Å². The Kier molecular flexibility index (Phi) is 4.25. The minimum atomic E-state index is -0.0372. The van der Waals surface area contributed by atoms with Gasteiger partial charge >= 0.3 is 0 Å². The van der Waals surface area contributed by atoms with Gasteiger partial charge in [-0.1, -0.05) is 19.3 Å². The van der Waals surface area contributed by atoms with Crippen molar-refractivity contribution in [2.45, 2.75) is 44.1 Å². The molecule has 2 rings (SSSR count). The fourth-order valence-electron chi connectivity index (χ4n) is 2.60. The van der Waals surface area contributed by atoms with Crippen LogP contribution in [0.2, 0.25) is 0 Å². The van der Waals surface area contributed by atoms with Crippen LogP contribution in [0, 0.1) is 0 Å². The molecule has 0 aliphatic heterocycles. The van der Waals surface area contributed by atoms with Crippen molar-refractivity contribution in [3.05, 3.63) is 18.6 Å². The average molecular weight is 248 g/mol. The van der Waals surface area contributed by atoms with Gasteiger partial charge < -0.3 is 10.6 Å². The van der Waals surface area contributed by atoms with Gasteiger partial charge in [0.2, 0.25) is 5.91 Å². The fraction of sp³-hybridized carbons (Fsp3) is 0.615. The summed E-state index contributed by atoms with van der Waals surface area (Å²) in [6.07, 6.45) is 11.0. The molecule has 1 fully saturated rings. The van der Waals surface area contributed by atoms with Crippen molar-refractivity contribution in [1.82, 2.24) is 15.3 Å². The predicted molar refractivity (Wildman–Crippen MR) is 70.2 cm³/mol. The summed E-state index contributed by atoms with van der Waals surface area (Å²) in [5.41, 5.74) is -0.0372. The molecule has 0 saturated heterocycles. The summed E-state index contributed by atoms with van der Waals surface area (Å²) in [6, 6.07) is 0. The maximum absolute atomic E-state index is 12.0. The molecular weight excluding hydrogens is 228 g/mol. The lowest BCUT2D eigenvalue weighted by atomic mass is 9.79. The highest BCUT2D eigenvalue weighted by Gasteiger charge is 2.32. The first kappa shape index (κ1) is 13.0. The molecule has 1 heterocycles. The summed E-state index contributed by atoms with van der Waals surface area (Å²) in [4.78, 5) is 20.0. The van der Waals surface area contributed by atoms with E-state index in [0.29, 0.717) is 12.2 Å². The Bertz CT molecular complexity index is 387. The van der Waals surface area contributed by atoms with Crippen molar-refractivity contribution in [3.8, 4) is 0 Å². The first-order valence-electron chi connectivity index (χ1n) is 6.49. The van der Waals surface area contributed by atoms with E-state index in [-0.39, 0.29) is 11.4 Å². The third-order valence-corrected chi connectivity index (χ3v) is 3.67. The number of nitrogens with one attached hydrogen (secondary N) is 2. The minimum Gasteiger partial charge on any atom is -0.314 e. The van der Waals surface area contributed by atoms with Crippen molar-refractivity contribution in [2.24, 2.45) is 0 Å². The van der Waals surface area contributed by atoms with Crippen molar-refractivity contribution >= 4 is 11.7 Å². The molecule has 98 valence electrons. The summed E-state index contributed by atoms with van der Waals surface area (Å²) in [5, 5.41) is 6.13. The van der Waals surface area contributed by atoms with E-state index < -0.39 is 0 Å². The maximum Gasteiger partial charge on any atom is 0.227 e. The van der Waals surface area contributed by atoms with Crippen molar-refractivity contribution in [3.63, 3.8) is 0 Å². The van der Waals surface area contributed by atoms with Gasteiger partial charge in [-0.3, -0.25) is 9.78 Å². The second-order valence-electron chi connectivity index (χ2n) is 4.91. The Balaban J connectivity index is 1.93. The van der Waals surface area contributed by atoms with E-state index in [9.17, 15) is 4.79 Å². The molecule has 1 aliphatic rings. The van der Waals surface area contributed by atoms with Crippen LogP contribution in [0.4, 0.5) is 5.82 Å². The van der Waals surface area contributed by atoms with Crippen molar-refractivity contribution in [1.29, 1.82) is 0 Å². The minimum absolute atomic E-state index is 0.00625. The molecule has 5 heteroatoms.